The van der Waals surface area contributed by atoms with Crippen molar-refractivity contribution in [3.63, 3.8) is 0 Å². The molecule has 2 aromatic rings. The maximum atomic E-state index is 13.5. The molecule has 0 bridgehead atoms. The van der Waals surface area contributed by atoms with Crippen molar-refractivity contribution in [2.24, 2.45) is 0 Å². The number of sulfone groups is 1. The van der Waals surface area contributed by atoms with Gasteiger partial charge in [0, 0.05) is 0 Å². The summed E-state index contributed by atoms with van der Waals surface area (Å²) in [5, 5.41) is 18.8. The summed E-state index contributed by atoms with van der Waals surface area (Å²) in [5.41, 5.74) is -6.61. The Morgan fingerprint density at radius 2 is 1.58 bits per heavy atom. The van der Waals surface area contributed by atoms with Gasteiger partial charge in [0.1, 0.15) is 5.82 Å². The van der Waals surface area contributed by atoms with Crippen LogP contribution in [-0.4, -0.2) is 31.1 Å². The van der Waals surface area contributed by atoms with Gasteiger partial charge in [-0.25, -0.2) is 12.8 Å². The standard InChI is InChI=1S/C19H12F7NO3S/c20-14-3-5-15(6-4-14)31(29,30)11-17(28,19(24,25)26)8-7-12-1-2-13(10-27)16(9-12)18(21,22)23/h1-9,28H,11H2/b8-7+. The number of rotatable bonds is 5. The minimum atomic E-state index is -5.52. The smallest absolute Gasteiger partial charge is 0.376 e. The Bertz CT molecular complexity index is 1130. The lowest BCUT2D eigenvalue weighted by molar-refractivity contribution is -0.230. The van der Waals surface area contributed by atoms with Gasteiger partial charge in [-0.1, -0.05) is 12.1 Å². The molecule has 1 N–H and O–H groups in total. The molecule has 0 aliphatic rings. The normalized spacial score (nSPS) is 14.9. The minimum absolute atomic E-state index is 0.00953. The van der Waals surface area contributed by atoms with Gasteiger partial charge in [-0.05, 0) is 48.0 Å². The maximum absolute atomic E-state index is 13.5. The average molecular weight is 467 g/mol. The molecule has 0 radical (unpaired) electrons. The highest BCUT2D eigenvalue weighted by Crippen LogP contribution is 2.36. The predicted octanol–water partition coefficient (Wildman–Crippen LogP) is 4.50. The van der Waals surface area contributed by atoms with Crippen molar-refractivity contribution in [2.75, 3.05) is 5.75 Å². The Balaban J connectivity index is 2.47. The SMILES string of the molecule is N#Cc1ccc(/C=C/C(O)(CS(=O)(=O)c2ccc(F)cc2)C(F)(F)F)cc1C(F)(F)F. The van der Waals surface area contributed by atoms with E-state index in [0.717, 1.165) is 12.1 Å². The molecule has 4 nitrogen and oxygen atoms in total. The highest BCUT2D eigenvalue weighted by molar-refractivity contribution is 7.91. The quantitative estimate of drug-likeness (QED) is 0.519. The minimum Gasteiger partial charge on any atom is -0.376 e. The third-order valence-corrected chi connectivity index (χ3v) is 5.91. The van der Waals surface area contributed by atoms with E-state index in [-0.39, 0.29) is 6.08 Å². The Labute approximate surface area is 171 Å². The number of benzene rings is 2. The van der Waals surface area contributed by atoms with Crippen LogP contribution in [0.1, 0.15) is 16.7 Å². The van der Waals surface area contributed by atoms with Gasteiger partial charge in [-0.3, -0.25) is 0 Å². The van der Waals surface area contributed by atoms with Crippen LogP contribution in [0.15, 0.2) is 53.4 Å². The Morgan fingerprint density at radius 1 is 1.00 bits per heavy atom. The highest BCUT2D eigenvalue weighted by atomic mass is 32.2. The zero-order chi connectivity index (χ0) is 23.7. The Kier molecular flexibility index (Phi) is 6.53. The molecule has 0 fully saturated rings. The van der Waals surface area contributed by atoms with E-state index in [0.29, 0.717) is 36.4 Å². The predicted molar refractivity (Wildman–Crippen MR) is 94.7 cm³/mol. The maximum Gasteiger partial charge on any atom is 0.421 e. The largest absolute Gasteiger partial charge is 0.421 e. The van der Waals surface area contributed by atoms with Crippen molar-refractivity contribution in [3.8, 4) is 6.07 Å². The summed E-state index contributed by atoms with van der Waals surface area (Å²) in [7, 11) is -4.78. The molecule has 0 spiro atoms. The fraction of sp³-hybridized carbons (Fsp3) is 0.211. The summed E-state index contributed by atoms with van der Waals surface area (Å²) in [6.07, 6.45) is -10.0. The van der Waals surface area contributed by atoms with E-state index < -0.39 is 60.9 Å². The van der Waals surface area contributed by atoms with E-state index in [2.05, 4.69) is 0 Å². The van der Waals surface area contributed by atoms with Crippen LogP contribution in [0.5, 0.6) is 0 Å². The molecule has 2 aromatic carbocycles. The van der Waals surface area contributed by atoms with Crippen LogP contribution in [0.25, 0.3) is 6.08 Å². The third-order valence-electron chi connectivity index (χ3n) is 4.09. The van der Waals surface area contributed by atoms with Crippen molar-refractivity contribution in [1.29, 1.82) is 5.26 Å². The first-order chi connectivity index (χ1) is 14.1. The fourth-order valence-electron chi connectivity index (χ4n) is 2.47. The van der Waals surface area contributed by atoms with E-state index in [1.54, 1.807) is 0 Å². The van der Waals surface area contributed by atoms with Gasteiger partial charge in [0.2, 0.25) is 0 Å². The van der Waals surface area contributed by atoms with Crippen molar-refractivity contribution in [3.05, 3.63) is 71.0 Å². The number of hydrogen-bond donors (Lipinski definition) is 1. The van der Waals surface area contributed by atoms with Crippen molar-refractivity contribution in [1.82, 2.24) is 0 Å². The summed E-state index contributed by atoms with van der Waals surface area (Å²) < 4.78 is 117. The number of halogens is 7. The summed E-state index contributed by atoms with van der Waals surface area (Å²) in [5.74, 6) is -2.74. The second-order valence-electron chi connectivity index (χ2n) is 6.38. The molecule has 0 aliphatic heterocycles. The lowest BCUT2D eigenvalue weighted by atomic mass is 10.0. The molecule has 31 heavy (non-hydrogen) atoms. The second-order valence-corrected chi connectivity index (χ2v) is 8.37. The molecule has 0 amide bonds. The van der Waals surface area contributed by atoms with E-state index in [1.807, 2.05) is 0 Å². The fourth-order valence-corrected chi connectivity index (χ4v) is 4.03. The third kappa shape index (κ3) is 5.62. The van der Waals surface area contributed by atoms with E-state index in [1.165, 1.54) is 6.07 Å². The lowest BCUT2D eigenvalue weighted by Gasteiger charge is -2.27. The average Bonchev–Trinajstić information content (AvgIpc) is 2.64. The van der Waals surface area contributed by atoms with Gasteiger partial charge < -0.3 is 5.11 Å². The number of aliphatic hydroxyl groups is 1. The molecular formula is C19H12F7NO3S. The molecule has 1 unspecified atom stereocenters. The number of nitriles is 1. The first kappa shape index (κ1) is 24.4. The van der Waals surface area contributed by atoms with Crippen molar-refractivity contribution < 1.29 is 44.3 Å². The molecule has 12 heteroatoms. The van der Waals surface area contributed by atoms with Crippen LogP contribution in [0.3, 0.4) is 0 Å². The van der Waals surface area contributed by atoms with Crippen LogP contribution in [0.4, 0.5) is 30.7 Å². The van der Waals surface area contributed by atoms with Gasteiger partial charge in [-0.2, -0.15) is 31.6 Å². The number of alkyl halides is 6. The summed E-state index contributed by atoms with van der Waals surface area (Å²) in [6.45, 7) is 0. The first-order valence-corrected chi connectivity index (χ1v) is 9.82. The van der Waals surface area contributed by atoms with Gasteiger partial charge in [0.15, 0.2) is 15.4 Å². The van der Waals surface area contributed by atoms with Crippen molar-refractivity contribution >= 4 is 15.9 Å². The van der Waals surface area contributed by atoms with Crippen LogP contribution in [-0.2, 0) is 16.0 Å². The van der Waals surface area contributed by atoms with Gasteiger partial charge in [0.25, 0.3) is 0 Å². The molecule has 0 aliphatic carbocycles. The Hall–Kier alpha value is -2.91. The number of nitrogens with zero attached hydrogens (tertiary/aromatic N) is 1. The van der Waals surface area contributed by atoms with Crippen LogP contribution in [0.2, 0.25) is 0 Å². The molecule has 0 saturated carbocycles. The first-order valence-electron chi connectivity index (χ1n) is 8.17. The molecule has 0 saturated heterocycles. The van der Waals surface area contributed by atoms with Gasteiger partial charge in [0.05, 0.1) is 27.8 Å². The van der Waals surface area contributed by atoms with Gasteiger partial charge in [-0.15, -0.1) is 0 Å². The van der Waals surface area contributed by atoms with E-state index in [4.69, 9.17) is 5.26 Å². The highest BCUT2D eigenvalue weighted by Gasteiger charge is 2.54. The lowest BCUT2D eigenvalue weighted by Crippen LogP contribution is -2.48. The molecular weight excluding hydrogens is 455 g/mol. The number of hydrogen-bond acceptors (Lipinski definition) is 4. The second kappa shape index (κ2) is 8.32. The van der Waals surface area contributed by atoms with E-state index >= 15 is 0 Å². The summed E-state index contributed by atoms with van der Waals surface area (Å²) in [4.78, 5) is -0.692. The molecule has 0 heterocycles. The summed E-state index contributed by atoms with van der Waals surface area (Å²) >= 11 is 0. The topological polar surface area (TPSA) is 78.2 Å². The van der Waals surface area contributed by atoms with Crippen LogP contribution >= 0.6 is 0 Å². The van der Waals surface area contributed by atoms with Crippen molar-refractivity contribution in [2.45, 2.75) is 22.8 Å². The Morgan fingerprint density at radius 3 is 2.06 bits per heavy atom. The van der Waals surface area contributed by atoms with Crippen LogP contribution in [0, 0.1) is 17.1 Å². The zero-order valence-electron chi connectivity index (χ0n) is 15.2. The summed E-state index contributed by atoms with van der Waals surface area (Å²) in [6, 6.07) is 6.13. The zero-order valence-corrected chi connectivity index (χ0v) is 16.0. The monoisotopic (exact) mass is 467 g/mol. The van der Waals surface area contributed by atoms with E-state index in [9.17, 15) is 44.3 Å². The molecule has 1 atom stereocenters. The molecule has 0 aromatic heterocycles. The van der Waals surface area contributed by atoms with Crippen LogP contribution < -0.4 is 0 Å². The molecule has 2 rings (SSSR count). The van der Waals surface area contributed by atoms with Gasteiger partial charge >= 0.3 is 12.4 Å². The molecule has 166 valence electrons.